The second-order valence-electron chi connectivity index (χ2n) is 19.4. The van der Waals surface area contributed by atoms with Crippen LogP contribution in [0.3, 0.4) is 0 Å². The van der Waals surface area contributed by atoms with E-state index in [0.29, 0.717) is 18.4 Å². The minimum atomic E-state index is -1.87. The standard InChI is InChI=1S/C53H70N8O13/c1-10-30(4)43-48(66)55-35(26-39(54)62)50(67)61-25-17-22-38(61)47(65)58-41(45(72-9)34-20-15-12-16-21-34)53(71)74-44(37-28-73-49(57-37)31(5)23-24-33-18-13-11-14-19-33)32(6)46(64)56-36(52(69)70)27-40(63)59(7)42(29(2)3)51(68)60(43)8/h11-16,18-21,23-24,28-32,35-36,38,41-45H,10,17,22,25-27H2,1-9H3,(H2,54,62)(H,55,66)(H,56,64)(H,58,65)(H,69,70)/t30-,31-,32+,35+,36+,38+,41-,42-,43-,44+,45+/m0/s1. The molecular weight excluding hydrogens is 957 g/mol. The first kappa shape index (κ1) is 57.5. The number of hydrogen-bond acceptors (Lipinski definition) is 13. The number of hydrogen-bond donors (Lipinski definition) is 5. The van der Waals surface area contributed by atoms with Crippen LogP contribution in [0.25, 0.3) is 6.08 Å². The van der Waals surface area contributed by atoms with Gasteiger partial charge in [-0.3, -0.25) is 33.6 Å². The number of nitrogens with two attached hydrogens (primary N) is 1. The lowest BCUT2D eigenvalue weighted by atomic mass is 9.93. The molecule has 74 heavy (non-hydrogen) atoms. The molecule has 21 nitrogen and oxygen atoms in total. The van der Waals surface area contributed by atoms with Crippen LogP contribution >= 0.6 is 0 Å². The second kappa shape index (κ2) is 26.0. The van der Waals surface area contributed by atoms with E-state index in [0.717, 1.165) is 15.4 Å². The fourth-order valence-electron chi connectivity index (χ4n) is 9.33. The van der Waals surface area contributed by atoms with Crippen LogP contribution in [0.15, 0.2) is 77.4 Å². The highest BCUT2D eigenvalue weighted by Gasteiger charge is 2.45. The summed E-state index contributed by atoms with van der Waals surface area (Å²) in [5, 5.41) is 18.2. The number of carbonyl (C=O) groups is 9. The summed E-state index contributed by atoms with van der Waals surface area (Å²) in [7, 11) is 3.97. The van der Waals surface area contributed by atoms with E-state index in [1.165, 1.54) is 39.3 Å². The first-order valence-corrected chi connectivity index (χ1v) is 24.8. The van der Waals surface area contributed by atoms with Crippen LogP contribution in [-0.2, 0) is 52.6 Å². The number of ether oxygens (including phenoxy) is 2. The smallest absolute Gasteiger partial charge is 0.332 e. The van der Waals surface area contributed by atoms with Crippen molar-refractivity contribution < 1.29 is 62.1 Å². The average molecular weight is 1030 g/mol. The Hall–Kier alpha value is -7.42. The van der Waals surface area contributed by atoms with Crippen molar-refractivity contribution in [3.8, 4) is 0 Å². The maximum absolute atomic E-state index is 14.9. The molecule has 1 aromatic heterocycles. The summed E-state index contributed by atoms with van der Waals surface area (Å²) in [4.78, 5) is 135. The molecule has 400 valence electrons. The highest BCUT2D eigenvalue weighted by atomic mass is 16.6. The van der Waals surface area contributed by atoms with Crippen LogP contribution in [0.2, 0.25) is 0 Å². The highest BCUT2D eigenvalue weighted by Crippen LogP contribution is 2.32. The number of nitrogens with one attached hydrogen (secondary N) is 3. The van der Waals surface area contributed by atoms with Crippen LogP contribution in [0.4, 0.5) is 0 Å². The normalized spacial score (nSPS) is 25.7. The zero-order valence-corrected chi connectivity index (χ0v) is 43.4. The minimum absolute atomic E-state index is 0.00661. The minimum Gasteiger partial charge on any atom is -0.480 e. The summed E-state index contributed by atoms with van der Waals surface area (Å²) in [5.74, 6) is -11.6. The lowest BCUT2D eigenvalue weighted by molar-refractivity contribution is -0.163. The highest BCUT2D eigenvalue weighted by molar-refractivity contribution is 5.98. The molecular formula is C53H70N8O13. The number of nitrogens with zero attached hydrogens (tertiary/aromatic N) is 4. The third kappa shape index (κ3) is 14.0. The molecule has 2 saturated heterocycles. The number of cyclic esters (lactones) is 1. The number of amides is 7. The second-order valence-corrected chi connectivity index (χ2v) is 19.4. The molecule has 3 aromatic rings. The largest absolute Gasteiger partial charge is 0.480 e. The molecule has 11 atom stereocenters. The van der Waals surface area contributed by atoms with Crippen LogP contribution in [-0.4, -0.2) is 142 Å². The number of methoxy groups -OCH3 is 1. The van der Waals surface area contributed by atoms with Gasteiger partial charge in [-0.05, 0) is 42.7 Å². The fourth-order valence-corrected chi connectivity index (χ4v) is 9.33. The molecule has 2 fully saturated rings. The van der Waals surface area contributed by atoms with E-state index in [-0.39, 0.29) is 24.6 Å². The van der Waals surface area contributed by atoms with E-state index in [1.54, 1.807) is 65.0 Å². The van der Waals surface area contributed by atoms with Crippen LogP contribution in [0.5, 0.6) is 0 Å². The lowest BCUT2D eigenvalue weighted by Crippen LogP contribution is -2.61. The van der Waals surface area contributed by atoms with Crippen molar-refractivity contribution in [3.05, 3.63) is 95.7 Å². The third-order valence-electron chi connectivity index (χ3n) is 13.7. The van der Waals surface area contributed by atoms with Crippen molar-refractivity contribution in [2.24, 2.45) is 23.5 Å². The SMILES string of the molecule is CC[C@H](C)[C@H]1C(=O)N[C@H](CC(N)=O)C(=O)N2CCC[C@@H]2C(=O)N[C@@H]([C@H](OC)c2ccccc2)C(=O)O[C@@H](c2coc([C@@H](C)C=Cc3ccccc3)n2)[C@@H](C)C(=O)N[C@@H](C(=O)O)CC(=O)N(C)[C@@H](C(C)C)C(=O)N1C. The van der Waals surface area contributed by atoms with Gasteiger partial charge in [0.1, 0.15) is 48.3 Å². The molecule has 5 rings (SSSR count). The third-order valence-corrected chi connectivity index (χ3v) is 13.7. The van der Waals surface area contributed by atoms with E-state index < -0.39 is 138 Å². The number of primary amides is 1. The molecule has 0 unspecified atom stereocenters. The molecule has 21 heteroatoms. The number of aliphatic carboxylic acids is 1. The number of carboxylic acids is 1. The van der Waals surface area contributed by atoms with Crippen LogP contribution < -0.4 is 21.7 Å². The Morgan fingerprint density at radius 1 is 0.878 bits per heavy atom. The number of aromatic nitrogens is 1. The van der Waals surface area contributed by atoms with Gasteiger partial charge in [-0.25, -0.2) is 14.6 Å². The van der Waals surface area contributed by atoms with E-state index in [4.69, 9.17) is 19.6 Å². The van der Waals surface area contributed by atoms with Gasteiger partial charge in [0.05, 0.1) is 24.7 Å². The molecule has 6 N–H and O–H groups in total. The number of allylic oxidation sites excluding steroid dienone is 1. The Labute approximate surface area is 430 Å². The van der Waals surface area contributed by atoms with Crippen molar-refractivity contribution in [1.29, 1.82) is 0 Å². The number of carbonyl (C=O) groups excluding carboxylic acids is 8. The van der Waals surface area contributed by atoms with Gasteiger partial charge in [0.15, 0.2) is 12.1 Å². The Kier molecular flexibility index (Phi) is 20.2. The number of carboxylic acid groups (broad SMARTS) is 1. The number of oxazole rings is 1. The molecule has 7 amide bonds. The van der Waals surface area contributed by atoms with E-state index >= 15 is 0 Å². The molecule has 2 aliphatic rings. The molecule has 0 saturated carbocycles. The van der Waals surface area contributed by atoms with Crippen LogP contribution in [0.1, 0.15) is 114 Å². The van der Waals surface area contributed by atoms with Gasteiger partial charge < -0.3 is 55.4 Å². The molecule has 0 aliphatic carbocycles. The summed E-state index contributed by atoms with van der Waals surface area (Å²) in [6.45, 7) is 9.96. The quantitative estimate of drug-likeness (QED) is 0.154. The molecule has 2 aliphatic heterocycles. The van der Waals surface area contributed by atoms with Gasteiger partial charge in [0.2, 0.25) is 47.2 Å². The van der Waals surface area contributed by atoms with Gasteiger partial charge in [-0.2, -0.15) is 0 Å². The first-order valence-electron chi connectivity index (χ1n) is 24.8. The van der Waals surface area contributed by atoms with Crippen molar-refractivity contribution in [2.45, 2.75) is 128 Å². The number of likely N-dealkylation sites (N-methyl/N-ethyl adjacent to an activating group) is 2. The van der Waals surface area contributed by atoms with E-state index in [2.05, 4.69) is 20.9 Å². The summed E-state index contributed by atoms with van der Waals surface area (Å²) >= 11 is 0. The van der Waals surface area contributed by atoms with Gasteiger partial charge >= 0.3 is 11.9 Å². The summed E-state index contributed by atoms with van der Waals surface area (Å²) < 4.78 is 18.0. The molecule has 0 bridgehead atoms. The Bertz CT molecular complexity index is 2520. The van der Waals surface area contributed by atoms with Crippen LogP contribution in [0, 0.1) is 17.8 Å². The van der Waals surface area contributed by atoms with Gasteiger partial charge in [-0.1, -0.05) is 114 Å². The van der Waals surface area contributed by atoms with Crippen molar-refractivity contribution in [1.82, 2.24) is 35.6 Å². The van der Waals surface area contributed by atoms with Gasteiger partial charge in [0.25, 0.3) is 0 Å². The van der Waals surface area contributed by atoms with E-state index in [1.807, 2.05) is 42.5 Å². The van der Waals surface area contributed by atoms with Gasteiger partial charge in [0, 0.05) is 27.7 Å². The predicted octanol–water partition coefficient (Wildman–Crippen LogP) is 3.26. The molecule has 3 heterocycles. The summed E-state index contributed by atoms with van der Waals surface area (Å²) in [6, 6.07) is 8.86. The number of rotatable bonds is 13. The average Bonchev–Trinajstić information content (AvgIpc) is 4.08. The molecule has 2 aromatic carbocycles. The Morgan fingerprint density at radius 2 is 1.53 bits per heavy atom. The van der Waals surface area contributed by atoms with Crippen molar-refractivity contribution >= 4 is 59.4 Å². The monoisotopic (exact) mass is 1030 g/mol. The summed E-state index contributed by atoms with van der Waals surface area (Å²) in [5.41, 5.74) is 6.90. The maximum Gasteiger partial charge on any atom is 0.332 e. The zero-order chi connectivity index (χ0) is 54.6. The molecule has 0 spiro atoms. The lowest BCUT2D eigenvalue weighted by Gasteiger charge is -2.38. The Morgan fingerprint density at radius 3 is 2.12 bits per heavy atom. The summed E-state index contributed by atoms with van der Waals surface area (Å²) in [6.07, 6.45) is 1.24. The zero-order valence-electron chi connectivity index (χ0n) is 43.4. The number of benzene rings is 2. The number of esters is 1. The van der Waals surface area contributed by atoms with Crippen molar-refractivity contribution in [3.63, 3.8) is 0 Å². The van der Waals surface area contributed by atoms with Gasteiger partial charge in [-0.15, -0.1) is 0 Å². The maximum atomic E-state index is 14.9. The predicted molar refractivity (Wildman–Crippen MR) is 269 cm³/mol. The molecule has 0 radical (unpaired) electrons. The Balaban J connectivity index is 1.66. The fraction of sp³-hybridized carbons (Fsp3) is 0.509. The number of fused-ring (bicyclic) bond motifs is 1. The first-order chi connectivity index (χ1) is 35.1. The topological polar surface area (TPSA) is 290 Å². The van der Waals surface area contributed by atoms with E-state index in [9.17, 15) is 48.3 Å². The van der Waals surface area contributed by atoms with Crippen molar-refractivity contribution in [2.75, 3.05) is 27.7 Å².